The number of aryl methyl sites for hydroxylation is 2. The number of carbonyl (C=O) groups is 2. The van der Waals surface area contributed by atoms with Gasteiger partial charge < -0.3 is 19.6 Å². The summed E-state index contributed by atoms with van der Waals surface area (Å²) in [4.78, 5) is 29.1. The van der Waals surface area contributed by atoms with Crippen LogP contribution in [0.2, 0.25) is 0 Å². The zero-order valence-electron chi connectivity index (χ0n) is 20.5. The Morgan fingerprint density at radius 2 is 1.97 bits per heavy atom. The molecule has 2 N–H and O–H groups in total. The molecule has 0 saturated carbocycles. The minimum atomic E-state index is -1.04. The summed E-state index contributed by atoms with van der Waals surface area (Å²) >= 11 is 1.54. The van der Waals surface area contributed by atoms with E-state index in [1.807, 2.05) is 63.4 Å². The summed E-state index contributed by atoms with van der Waals surface area (Å²) in [6.07, 6.45) is 4.39. The van der Waals surface area contributed by atoms with Crippen molar-refractivity contribution >= 4 is 23.6 Å². The number of aliphatic carboxylic acids is 1. The van der Waals surface area contributed by atoms with Crippen LogP contribution in [0.25, 0.3) is 11.1 Å². The van der Waals surface area contributed by atoms with Gasteiger partial charge in [0.25, 0.3) is 5.91 Å². The smallest absolute Gasteiger partial charge is 0.326 e. The largest absolute Gasteiger partial charge is 0.480 e. The van der Waals surface area contributed by atoms with E-state index in [4.69, 9.17) is 9.15 Å². The minimum absolute atomic E-state index is 0.277. The second-order valence-corrected chi connectivity index (χ2v) is 9.29. The second-order valence-electron chi connectivity index (χ2n) is 8.30. The van der Waals surface area contributed by atoms with Gasteiger partial charge in [-0.1, -0.05) is 37.3 Å². The van der Waals surface area contributed by atoms with Gasteiger partial charge in [0, 0.05) is 12.0 Å². The molecular formula is C27H32N2O5S. The zero-order valence-corrected chi connectivity index (χ0v) is 21.4. The summed E-state index contributed by atoms with van der Waals surface area (Å²) in [5, 5.41) is 12.2. The molecule has 0 radical (unpaired) electrons. The van der Waals surface area contributed by atoms with E-state index < -0.39 is 17.9 Å². The van der Waals surface area contributed by atoms with Crippen molar-refractivity contribution in [3.8, 4) is 11.1 Å². The van der Waals surface area contributed by atoms with Gasteiger partial charge in [0.1, 0.15) is 12.1 Å². The Balaban J connectivity index is 1.86. The van der Waals surface area contributed by atoms with Crippen LogP contribution < -0.4 is 5.32 Å². The molecule has 2 unspecified atom stereocenters. The number of benzene rings is 2. The number of aromatic nitrogens is 1. The molecule has 8 heteroatoms. The van der Waals surface area contributed by atoms with Crippen LogP contribution in [-0.2, 0) is 22.6 Å². The molecule has 0 spiro atoms. The molecule has 0 aliphatic rings. The van der Waals surface area contributed by atoms with Crippen molar-refractivity contribution in [3.05, 3.63) is 77.0 Å². The van der Waals surface area contributed by atoms with E-state index in [1.165, 1.54) is 0 Å². The van der Waals surface area contributed by atoms with Gasteiger partial charge in [-0.2, -0.15) is 11.8 Å². The molecule has 0 saturated heterocycles. The molecule has 3 aromatic rings. The number of carboxylic acid groups (broad SMARTS) is 1. The van der Waals surface area contributed by atoms with E-state index in [-0.39, 0.29) is 6.10 Å². The monoisotopic (exact) mass is 496 g/mol. The normalized spacial score (nSPS) is 12.8. The lowest BCUT2D eigenvalue weighted by Crippen LogP contribution is -2.41. The van der Waals surface area contributed by atoms with Crippen LogP contribution in [-0.4, -0.2) is 40.0 Å². The summed E-state index contributed by atoms with van der Waals surface area (Å²) in [7, 11) is 0. The average Bonchev–Trinajstić information content (AvgIpc) is 3.34. The number of hydrogen-bond acceptors (Lipinski definition) is 6. The van der Waals surface area contributed by atoms with Crippen molar-refractivity contribution in [3.63, 3.8) is 0 Å². The first-order valence-electron chi connectivity index (χ1n) is 11.6. The van der Waals surface area contributed by atoms with Gasteiger partial charge in [0.05, 0.1) is 12.8 Å². The highest BCUT2D eigenvalue weighted by Crippen LogP contribution is 2.29. The standard InChI is InChI=1S/C27H32N2O5S/c1-5-25-28-15-24(34-25)18(3)33-16-19-10-11-21(22(14-19)20-9-7-6-8-17(20)2)26(30)29-23(27(31)32)12-13-35-4/h6-11,14-15,18,23H,5,12-13,16H2,1-4H3,(H,29,30)(H,31,32). The summed E-state index contributed by atoms with van der Waals surface area (Å²) in [5.41, 5.74) is 3.97. The molecule has 0 fully saturated rings. The van der Waals surface area contributed by atoms with Crippen LogP contribution in [0.15, 0.2) is 53.1 Å². The Labute approximate surface area is 210 Å². The highest BCUT2D eigenvalue weighted by atomic mass is 32.2. The van der Waals surface area contributed by atoms with Crippen LogP contribution >= 0.6 is 11.8 Å². The third kappa shape index (κ3) is 6.96. The first-order chi connectivity index (χ1) is 16.8. The fourth-order valence-corrected chi connectivity index (χ4v) is 4.16. The van der Waals surface area contributed by atoms with Gasteiger partial charge in [-0.3, -0.25) is 4.79 Å². The summed E-state index contributed by atoms with van der Waals surface area (Å²) in [6, 6.07) is 12.4. The molecule has 1 amide bonds. The van der Waals surface area contributed by atoms with Crippen molar-refractivity contribution in [1.29, 1.82) is 0 Å². The highest BCUT2D eigenvalue weighted by molar-refractivity contribution is 7.98. The van der Waals surface area contributed by atoms with E-state index in [9.17, 15) is 14.7 Å². The number of nitrogens with one attached hydrogen (secondary N) is 1. The number of hydrogen-bond donors (Lipinski definition) is 2. The molecule has 3 rings (SSSR count). The van der Waals surface area contributed by atoms with Crippen molar-refractivity contribution in [2.75, 3.05) is 12.0 Å². The van der Waals surface area contributed by atoms with Crippen LogP contribution in [0.3, 0.4) is 0 Å². The Kier molecular flexibility index (Phi) is 9.51. The van der Waals surface area contributed by atoms with Gasteiger partial charge in [-0.25, -0.2) is 9.78 Å². The number of nitrogens with zero attached hydrogens (tertiary/aromatic N) is 1. The summed E-state index contributed by atoms with van der Waals surface area (Å²) < 4.78 is 11.7. The molecule has 0 aliphatic heterocycles. The van der Waals surface area contributed by atoms with Crippen LogP contribution in [0.1, 0.15) is 59.5 Å². The Morgan fingerprint density at radius 1 is 1.20 bits per heavy atom. The quantitative estimate of drug-likeness (QED) is 0.345. The van der Waals surface area contributed by atoms with Crippen LogP contribution in [0.5, 0.6) is 0 Å². The highest BCUT2D eigenvalue weighted by Gasteiger charge is 2.23. The van der Waals surface area contributed by atoms with Gasteiger partial charge in [-0.15, -0.1) is 0 Å². The average molecular weight is 497 g/mol. The number of thioether (sulfide) groups is 1. The van der Waals surface area contributed by atoms with Crippen molar-refractivity contribution in [2.45, 2.75) is 52.4 Å². The number of amides is 1. The number of carboxylic acids is 1. The predicted molar refractivity (Wildman–Crippen MR) is 138 cm³/mol. The van der Waals surface area contributed by atoms with Crippen molar-refractivity contribution < 1.29 is 23.8 Å². The molecule has 1 heterocycles. The van der Waals surface area contributed by atoms with E-state index in [2.05, 4.69) is 10.3 Å². The Hall–Kier alpha value is -3.10. The maximum atomic E-state index is 13.2. The molecule has 0 bridgehead atoms. The zero-order chi connectivity index (χ0) is 25.4. The molecule has 0 aliphatic carbocycles. The second kappa shape index (κ2) is 12.6. The number of rotatable bonds is 12. The van der Waals surface area contributed by atoms with E-state index in [0.717, 1.165) is 28.7 Å². The van der Waals surface area contributed by atoms with Crippen LogP contribution in [0.4, 0.5) is 0 Å². The molecule has 7 nitrogen and oxygen atoms in total. The maximum absolute atomic E-state index is 13.2. The molecule has 1 aromatic heterocycles. The number of carbonyl (C=O) groups excluding carboxylic acids is 1. The van der Waals surface area contributed by atoms with Gasteiger partial charge >= 0.3 is 5.97 Å². The molecule has 186 valence electrons. The first-order valence-corrected chi connectivity index (χ1v) is 13.0. The minimum Gasteiger partial charge on any atom is -0.480 e. The maximum Gasteiger partial charge on any atom is 0.326 e. The lowest BCUT2D eigenvalue weighted by molar-refractivity contribution is -0.139. The SMILES string of the molecule is CCc1ncc(C(C)OCc2ccc(C(=O)NC(CCSC)C(=O)O)c(-c3ccccc3C)c2)o1. The van der Waals surface area contributed by atoms with Crippen molar-refractivity contribution in [2.24, 2.45) is 0 Å². The van der Waals surface area contributed by atoms with E-state index >= 15 is 0 Å². The van der Waals surface area contributed by atoms with Crippen molar-refractivity contribution in [1.82, 2.24) is 10.3 Å². The Morgan fingerprint density at radius 3 is 2.63 bits per heavy atom. The summed E-state index contributed by atoms with van der Waals surface area (Å²) in [6.45, 7) is 6.18. The number of ether oxygens (including phenoxy) is 1. The van der Waals surface area contributed by atoms with Gasteiger partial charge in [0.15, 0.2) is 11.7 Å². The van der Waals surface area contributed by atoms with Gasteiger partial charge in [-0.05, 0) is 66.7 Å². The molecule has 35 heavy (non-hydrogen) atoms. The molecule has 2 atom stereocenters. The molecular weight excluding hydrogens is 464 g/mol. The lowest BCUT2D eigenvalue weighted by atomic mass is 9.93. The van der Waals surface area contributed by atoms with E-state index in [1.54, 1.807) is 24.0 Å². The fraction of sp³-hybridized carbons (Fsp3) is 0.370. The Bertz CT molecular complexity index is 1160. The lowest BCUT2D eigenvalue weighted by Gasteiger charge is -2.18. The van der Waals surface area contributed by atoms with Crippen LogP contribution in [0, 0.1) is 6.92 Å². The predicted octanol–water partition coefficient (Wildman–Crippen LogP) is 5.43. The summed E-state index contributed by atoms with van der Waals surface area (Å²) in [5.74, 6) is 0.530. The van der Waals surface area contributed by atoms with E-state index in [0.29, 0.717) is 36.0 Å². The fourth-order valence-electron chi connectivity index (χ4n) is 3.69. The third-order valence-corrected chi connectivity index (χ3v) is 6.40. The number of oxazole rings is 1. The third-order valence-electron chi connectivity index (χ3n) is 5.75. The van der Waals surface area contributed by atoms with Gasteiger partial charge in [0.2, 0.25) is 0 Å². The first kappa shape index (κ1) is 26.5. The topological polar surface area (TPSA) is 102 Å². The molecule has 2 aromatic carbocycles.